The number of carboxylic acid groups (broad SMARTS) is 2. The molecule has 2 rings (SSSR count). The molecule has 13 heteroatoms. The molecule has 0 aromatic rings. The monoisotopic (exact) mass is 502 g/mol. The molecule has 11 nitrogen and oxygen atoms in total. The summed E-state index contributed by atoms with van der Waals surface area (Å²) in [7, 11) is -4.84. The van der Waals surface area contributed by atoms with Crippen LogP contribution in [0.2, 0.25) is 0 Å². The second-order valence-corrected chi connectivity index (χ2v) is 9.27. The van der Waals surface area contributed by atoms with E-state index in [-0.39, 0.29) is 41.8 Å². The van der Waals surface area contributed by atoms with Crippen molar-refractivity contribution in [1.82, 2.24) is 0 Å². The Kier molecular flexibility index (Phi) is 15.5. The fourth-order valence-corrected chi connectivity index (χ4v) is 4.00. The molecule has 2 saturated carbocycles. The summed E-state index contributed by atoms with van der Waals surface area (Å²) in [4.78, 5) is 43.2. The summed E-state index contributed by atoms with van der Waals surface area (Å²) in [6.07, 6.45) is 11.9. The third-order valence-electron chi connectivity index (χ3n) is 5.02. The van der Waals surface area contributed by atoms with Gasteiger partial charge in [0.25, 0.3) is 10.1 Å². The van der Waals surface area contributed by atoms with Gasteiger partial charge in [0.15, 0.2) is 5.25 Å². The summed E-state index contributed by atoms with van der Waals surface area (Å²) in [5, 5.41) is 13.9. The zero-order chi connectivity index (χ0) is 24.1. The van der Waals surface area contributed by atoms with Gasteiger partial charge in [-0.05, 0) is 51.4 Å². The van der Waals surface area contributed by atoms with Gasteiger partial charge in [-0.25, -0.2) is 9.59 Å². The summed E-state index contributed by atoms with van der Waals surface area (Å²) in [6.45, 7) is 0. The van der Waals surface area contributed by atoms with Crippen molar-refractivity contribution in [3.8, 4) is 0 Å². The summed E-state index contributed by atoms with van der Waals surface area (Å²) in [5.41, 5.74) is 0. The number of ether oxygens (including phenoxy) is 2. The number of hydrogen-bond acceptors (Lipinski definition) is 8. The summed E-state index contributed by atoms with van der Waals surface area (Å²) >= 11 is 0. The van der Waals surface area contributed by atoms with Crippen molar-refractivity contribution < 1.29 is 51.8 Å². The second-order valence-electron chi connectivity index (χ2n) is 7.67. The minimum atomic E-state index is -4.84. The summed E-state index contributed by atoms with van der Waals surface area (Å²) < 4.78 is 39.3. The topological polar surface area (TPSA) is 182 Å². The van der Waals surface area contributed by atoms with Crippen LogP contribution in [0.1, 0.15) is 70.6 Å². The first-order valence-corrected chi connectivity index (χ1v) is 12.0. The number of carbonyl (C=O) groups excluding carboxylic acids is 2. The van der Waals surface area contributed by atoms with E-state index in [0.29, 0.717) is 0 Å². The maximum atomic E-state index is 11.6. The third-order valence-corrected chi connectivity index (χ3v) is 6.11. The van der Waals surface area contributed by atoms with Crippen molar-refractivity contribution in [2.45, 2.75) is 88.1 Å². The number of carboxylic acids is 2. The first-order chi connectivity index (χ1) is 15.0. The zero-order valence-corrected chi connectivity index (χ0v) is 18.5. The van der Waals surface area contributed by atoms with Crippen LogP contribution >= 0.6 is 0 Å². The standard InChI is InChI=1S/C16H24O4.C4H6O7S.Na.H/c17-15(19-13-7-3-1-4-8-13)11-12-16(18)20-14-9-5-2-6-10-14;5-3(6)1-2(4(7)8)12(9,10)11;;/h11-14H,1-10H2;2H,1H2,(H,5,6)(H,7,8)(H,9,10,11);;/b12-11-;;;. The van der Waals surface area contributed by atoms with E-state index in [1.54, 1.807) is 0 Å². The van der Waals surface area contributed by atoms with Gasteiger partial charge >= 0.3 is 53.4 Å². The predicted molar refractivity (Wildman–Crippen MR) is 117 cm³/mol. The molecule has 33 heavy (non-hydrogen) atoms. The van der Waals surface area contributed by atoms with Crippen LogP contribution in [0.4, 0.5) is 0 Å². The average molecular weight is 503 g/mol. The molecule has 1 atom stereocenters. The molecule has 0 heterocycles. The second kappa shape index (κ2) is 16.2. The molecule has 0 saturated heterocycles. The van der Waals surface area contributed by atoms with Gasteiger partial charge in [0.05, 0.1) is 6.42 Å². The van der Waals surface area contributed by atoms with Gasteiger partial charge in [-0.15, -0.1) is 0 Å². The SMILES string of the molecule is O=C(/C=C\C(=O)OC1CCCCC1)OC1CCCCC1.O=C(O)CC(C(=O)O)S(=O)(=O)O.[NaH]. The van der Waals surface area contributed by atoms with Crippen molar-refractivity contribution in [3.05, 3.63) is 12.2 Å². The van der Waals surface area contributed by atoms with E-state index in [2.05, 4.69) is 0 Å². The predicted octanol–water partition coefficient (Wildman–Crippen LogP) is 1.45. The molecular formula is C20H31NaO11S. The number of hydrogen-bond donors (Lipinski definition) is 3. The van der Waals surface area contributed by atoms with E-state index >= 15 is 0 Å². The van der Waals surface area contributed by atoms with Crippen LogP contribution in [0.3, 0.4) is 0 Å². The molecule has 1 unspecified atom stereocenters. The Balaban J connectivity index is 0.000000685. The van der Waals surface area contributed by atoms with E-state index in [1.807, 2.05) is 0 Å². The van der Waals surface area contributed by atoms with Gasteiger partial charge in [0, 0.05) is 12.2 Å². The van der Waals surface area contributed by atoms with E-state index in [9.17, 15) is 27.6 Å². The molecule has 0 bridgehead atoms. The zero-order valence-electron chi connectivity index (χ0n) is 17.7. The quantitative estimate of drug-likeness (QED) is 0.189. The van der Waals surface area contributed by atoms with Gasteiger partial charge in [0.2, 0.25) is 0 Å². The molecule has 184 valence electrons. The maximum absolute atomic E-state index is 11.6. The van der Waals surface area contributed by atoms with Crippen molar-refractivity contribution in [2.75, 3.05) is 0 Å². The molecule has 3 N–H and O–H groups in total. The Labute approximate surface area is 214 Å². The van der Waals surface area contributed by atoms with Crippen molar-refractivity contribution in [1.29, 1.82) is 0 Å². The first kappa shape index (κ1) is 31.5. The Hall–Kier alpha value is -1.47. The molecule has 2 aliphatic carbocycles. The minimum absolute atomic E-state index is 0. The average Bonchev–Trinajstić information content (AvgIpc) is 2.71. The van der Waals surface area contributed by atoms with Crippen LogP contribution in [-0.2, 0) is 38.8 Å². The molecule has 0 aliphatic heterocycles. The molecule has 0 spiro atoms. The Morgan fingerprint density at radius 1 is 0.788 bits per heavy atom. The summed E-state index contributed by atoms with van der Waals surface area (Å²) in [5.74, 6) is -4.37. The van der Waals surface area contributed by atoms with Crippen LogP contribution in [0.15, 0.2) is 12.2 Å². The van der Waals surface area contributed by atoms with Gasteiger partial charge < -0.3 is 19.7 Å². The van der Waals surface area contributed by atoms with Crippen LogP contribution in [0, 0.1) is 0 Å². The van der Waals surface area contributed by atoms with Crippen molar-refractivity contribution in [2.24, 2.45) is 0 Å². The van der Waals surface area contributed by atoms with Crippen LogP contribution in [0.25, 0.3) is 0 Å². The molecule has 0 aromatic heterocycles. The van der Waals surface area contributed by atoms with Crippen LogP contribution < -0.4 is 0 Å². The van der Waals surface area contributed by atoms with E-state index < -0.39 is 45.7 Å². The number of aliphatic carboxylic acids is 2. The van der Waals surface area contributed by atoms with Crippen molar-refractivity contribution in [3.63, 3.8) is 0 Å². The van der Waals surface area contributed by atoms with Crippen LogP contribution in [0.5, 0.6) is 0 Å². The Bertz CT molecular complexity index is 748. The Morgan fingerprint density at radius 3 is 1.39 bits per heavy atom. The normalized spacial score (nSPS) is 18.2. The van der Waals surface area contributed by atoms with Gasteiger partial charge in [-0.3, -0.25) is 14.1 Å². The first-order valence-electron chi connectivity index (χ1n) is 10.5. The summed E-state index contributed by atoms with van der Waals surface area (Å²) in [6, 6.07) is 0. The van der Waals surface area contributed by atoms with Crippen molar-refractivity contribution >= 4 is 63.6 Å². The molecule has 2 aliphatic rings. The van der Waals surface area contributed by atoms with E-state index in [4.69, 9.17) is 24.2 Å². The number of rotatable bonds is 8. The van der Waals surface area contributed by atoms with Gasteiger partial charge in [0.1, 0.15) is 12.2 Å². The molecule has 2 fully saturated rings. The molecule has 0 amide bonds. The van der Waals surface area contributed by atoms with E-state index in [0.717, 1.165) is 51.4 Å². The fraction of sp³-hybridized carbons (Fsp3) is 0.700. The van der Waals surface area contributed by atoms with Gasteiger partial charge in [-0.1, -0.05) is 12.8 Å². The van der Waals surface area contributed by atoms with E-state index in [1.165, 1.54) is 25.0 Å². The molecular weight excluding hydrogens is 471 g/mol. The Morgan fingerprint density at radius 2 is 1.15 bits per heavy atom. The molecule has 0 aromatic carbocycles. The number of esters is 2. The fourth-order valence-electron chi connectivity index (χ4n) is 3.39. The third kappa shape index (κ3) is 14.4. The number of carbonyl (C=O) groups is 4. The van der Waals surface area contributed by atoms with Crippen LogP contribution in [-0.4, -0.2) is 94.1 Å². The molecule has 0 radical (unpaired) electrons. The van der Waals surface area contributed by atoms with Gasteiger partial charge in [-0.2, -0.15) is 8.42 Å².